The fourth-order valence-corrected chi connectivity index (χ4v) is 2.50. The van der Waals surface area contributed by atoms with Crippen molar-refractivity contribution in [3.63, 3.8) is 0 Å². The molecule has 0 atom stereocenters. The highest BCUT2D eigenvalue weighted by atomic mass is 16.5. The largest absolute Gasteiger partial charge is 0.476 e. The van der Waals surface area contributed by atoms with E-state index in [4.69, 9.17) is 10.5 Å². The van der Waals surface area contributed by atoms with Gasteiger partial charge in [-0.3, -0.25) is 0 Å². The summed E-state index contributed by atoms with van der Waals surface area (Å²) in [6, 6.07) is 3.94. The van der Waals surface area contributed by atoms with Gasteiger partial charge in [0.2, 0.25) is 5.88 Å². The van der Waals surface area contributed by atoms with Gasteiger partial charge >= 0.3 is 0 Å². The number of aromatic nitrogens is 1. The highest BCUT2D eigenvalue weighted by molar-refractivity contribution is 5.55. The maximum absolute atomic E-state index is 5.95. The van der Waals surface area contributed by atoms with Crippen molar-refractivity contribution in [2.24, 2.45) is 0 Å². The molecule has 0 amide bonds. The van der Waals surface area contributed by atoms with Gasteiger partial charge in [-0.25, -0.2) is 0 Å². The highest BCUT2D eigenvalue weighted by Crippen LogP contribution is 2.23. The predicted molar refractivity (Wildman–Crippen MR) is 94.7 cm³/mol. The lowest BCUT2D eigenvalue weighted by molar-refractivity contribution is 0.218. The van der Waals surface area contributed by atoms with Crippen LogP contribution in [0.25, 0.3) is 0 Å². The minimum Gasteiger partial charge on any atom is -0.476 e. The number of nitrogen functional groups attached to an aromatic ring is 1. The molecule has 1 aromatic heterocycles. The molecule has 22 heavy (non-hydrogen) atoms. The molecule has 0 spiro atoms. The second-order valence-electron chi connectivity index (χ2n) is 5.45. The zero-order valence-corrected chi connectivity index (χ0v) is 14.6. The first-order valence-electron chi connectivity index (χ1n) is 8.52. The van der Waals surface area contributed by atoms with Crippen molar-refractivity contribution in [3.8, 4) is 5.88 Å². The maximum atomic E-state index is 5.95. The Bertz CT molecular complexity index is 415. The van der Waals surface area contributed by atoms with Crippen molar-refractivity contribution in [2.75, 3.05) is 50.0 Å². The molecule has 0 aliphatic carbocycles. The average molecular weight is 308 g/mol. The molecule has 0 aliphatic heterocycles. The predicted octanol–water partition coefficient (Wildman–Crippen LogP) is 3.01. The van der Waals surface area contributed by atoms with Gasteiger partial charge in [0.05, 0.1) is 0 Å². The van der Waals surface area contributed by atoms with E-state index in [9.17, 15) is 0 Å². The number of likely N-dealkylation sites (N-methyl/N-ethyl adjacent to an activating group) is 1. The molecule has 0 aliphatic rings. The summed E-state index contributed by atoms with van der Waals surface area (Å²) >= 11 is 0. The molecule has 2 N–H and O–H groups in total. The lowest BCUT2D eigenvalue weighted by atomic mass is 10.3. The van der Waals surface area contributed by atoms with Crippen molar-refractivity contribution in [1.82, 2.24) is 9.88 Å². The van der Waals surface area contributed by atoms with Crippen molar-refractivity contribution < 1.29 is 4.74 Å². The van der Waals surface area contributed by atoms with E-state index in [2.05, 4.69) is 42.5 Å². The second kappa shape index (κ2) is 10.3. The quantitative estimate of drug-likeness (QED) is 0.681. The Labute approximate surface area is 135 Å². The van der Waals surface area contributed by atoms with E-state index >= 15 is 0 Å². The molecule has 5 heteroatoms. The molecule has 0 radical (unpaired) electrons. The van der Waals surface area contributed by atoms with Crippen LogP contribution in [0.4, 0.5) is 11.5 Å². The first-order valence-corrected chi connectivity index (χ1v) is 8.52. The fourth-order valence-electron chi connectivity index (χ4n) is 2.50. The number of hydrogen-bond donors (Lipinski definition) is 1. The lowest BCUT2D eigenvalue weighted by Gasteiger charge is -2.24. The van der Waals surface area contributed by atoms with E-state index in [0.717, 1.165) is 51.3 Å². The summed E-state index contributed by atoms with van der Waals surface area (Å²) in [5, 5.41) is 0. The smallest absolute Gasteiger partial charge is 0.217 e. The molecular formula is C17H32N4O. The average Bonchev–Trinajstić information content (AvgIpc) is 2.51. The van der Waals surface area contributed by atoms with E-state index < -0.39 is 0 Å². The van der Waals surface area contributed by atoms with Gasteiger partial charge in [-0.1, -0.05) is 27.7 Å². The fraction of sp³-hybridized carbons (Fsp3) is 0.706. The van der Waals surface area contributed by atoms with Crippen LogP contribution in [0.1, 0.15) is 40.5 Å². The summed E-state index contributed by atoms with van der Waals surface area (Å²) in [6.45, 7) is 14.4. The second-order valence-corrected chi connectivity index (χ2v) is 5.45. The van der Waals surface area contributed by atoms with E-state index in [1.54, 1.807) is 0 Å². The van der Waals surface area contributed by atoms with Gasteiger partial charge in [-0.05, 0) is 25.9 Å². The Kier molecular flexibility index (Phi) is 8.67. The molecule has 0 unspecified atom stereocenters. The van der Waals surface area contributed by atoms with Crippen molar-refractivity contribution >= 4 is 11.5 Å². The van der Waals surface area contributed by atoms with Crippen LogP contribution in [-0.4, -0.2) is 49.2 Å². The minimum absolute atomic E-state index is 0.521. The Morgan fingerprint density at radius 3 is 2.18 bits per heavy atom. The summed E-state index contributed by atoms with van der Waals surface area (Å²) in [5.41, 5.74) is 7.05. The van der Waals surface area contributed by atoms with Gasteiger partial charge in [0.15, 0.2) is 0 Å². The number of hydrogen-bond acceptors (Lipinski definition) is 5. The van der Waals surface area contributed by atoms with Gasteiger partial charge < -0.3 is 20.3 Å². The monoisotopic (exact) mass is 308 g/mol. The van der Waals surface area contributed by atoms with Crippen molar-refractivity contribution in [3.05, 3.63) is 12.1 Å². The molecule has 126 valence electrons. The van der Waals surface area contributed by atoms with Crippen LogP contribution in [0.15, 0.2) is 12.1 Å². The van der Waals surface area contributed by atoms with Crippen molar-refractivity contribution in [1.29, 1.82) is 0 Å². The van der Waals surface area contributed by atoms with Crippen molar-refractivity contribution in [2.45, 2.75) is 40.5 Å². The Balaban J connectivity index is 2.71. The molecule has 0 fully saturated rings. The summed E-state index contributed by atoms with van der Waals surface area (Å²) in [7, 11) is 0. The number of nitrogens with zero attached hydrogens (tertiary/aromatic N) is 3. The summed E-state index contributed by atoms with van der Waals surface area (Å²) in [6.07, 6.45) is 2.22. The number of pyridine rings is 1. The summed E-state index contributed by atoms with van der Waals surface area (Å²) in [5.74, 6) is 1.15. The van der Waals surface area contributed by atoms with E-state index in [-0.39, 0.29) is 0 Å². The molecule has 0 aromatic carbocycles. The first-order chi connectivity index (χ1) is 10.6. The third-order valence-electron chi connectivity index (χ3n) is 3.71. The molecule has 1 rings (SSSR count). The molecule has 0 saturated heterocycles. The number of rotatable bonds is 11. The molecule has 5 nitrogen and oxygen atoms in total. The van der Waals surface area contributed by atoms with Gasteiger partial charge in [0, 0.05) is 37.5 Å². The SMILES string of the molecule is CCCN(CCC)c1cc(N)nc(OCCN(CC)CC)c1. The Hall–Kier alpha value is -1.49. The number of ether oxygens (including phenoxy) is 1. The van der Waals surface area contributed by atoms with Gasteiger partial charge in [-0.2, -0.15) is 4.98 Å². The van der Waals surface area contributed by atoms with Crippen LogP contribution in [0.5, 0.6) is 5.88 Å². The third kappa shape index (κ3) is 6.10. The van der Waals surface area contributed by atoms with E-state index in [1.807, 2.05) is 12.1 Å². The minimum atomic E-state index is 0.521. The zero-order chi connectivity index (χ0) is 16.4. The number of nitrogens with two attached hydrogens (primary N) is 1. The van der Waals surface area contributed by atoms with Gasteiger partial charge in [0.1, 0.15) is 12.4 Å². The van der Waals surface area contributed by atoms with Crippen LogP contribution >= 0.6 is 0 Å². The van der Waals surface area contributed by atoms with E-state index in [0.29, 0.717) is 18.3 Å². The molecule has 0 bridgehead atoms. The van der Waals surface area contributed by atoms with E-state index in [1.165, 1.54) is 0 Å². The highest BCUT2D eigenvalue weighted by Gasteiger charge is 2.09. The van der Waals surface area contributed by atoms with Crippen LogP contribution < -0.4 is 15.4 Å². The Morgan fingerprint density at radius 1 is 1.00 bits per heavy atom. The van der Waals surface area contributed by atoms with Gasteiger partial charge in [0.25, 0.3) is 0 Å². The maximum Gasteiger partial charge on any atom is 0.217 e. The van der Waals surface area contributed by atoms with Crippen LogP contribution in [0, 0.1) is 0 Å². The van der Waals surface area contributed by atoms with Crippen LogP contribution in [0.2, 0.25) is 0 Å². The molecular weight excluding hydrogens is 276 g/mol. The van der Waals surface area contributed by atoms with Gasteiger partial charge in [-0.15, -0.1) is 0 Å². The van der Waals surface area contributed by atoms with Crippen LogP contribution in [-0.2, 0) is 0 Å². The Morgan fingerprint density at radius 2 is 1.64 bits per heavy atom. The lowest BCUT2D eigenvalue weighted by Crippen LogP contribution is -2.28. The molecule has 0 saturated carbocycles. The molecule has 1 heterocycles. The first kappa shape index (κ1) is 18.6. The third-order valence-corrected chi connectivity index (χ3v) is 3.71. The summed E-state index contributed by atoms with van der Waals surface area (Å²) < 4.78 is 5.81. The summed E-state index contributed by atoms with van der Waals surface area (Å²) in [4.78, 5) is 8.96. The topological polar surface area (TPSA) is 54.6 Å². The zero-order valence-electron chi connectivity index (χ0n) is 14.6. The normalized spacial score (nSPS) is 11.0. The standard InChI is InChI=1S/C17H32N4O/c1-5-9-21(10-6-2)15-13-16(18)19-17(14-15)22-12-11-20(7-3)8-4/h13-14H,5-12H2,1-4H3,(H2,18,19). The molecule has 1 aromatic rings. The number of anilines is 2. The van der Waals surface area contributed by atoms with Crippen LogP contribution in [0.3, 0.4) is 0 Å².